The van der Waals surface area contributed by atoms with E-state index in [0.717, 1.165) is 29.7 Å². The molecule has 0 unspecified atom stereocenters. The number of alkyl halides is 3. The maximum Gasteiger partial charge on any atom is 0.419 e. The van der Waals surface area contributed by atoms with Crippen molar-refractivity contribution in [1.29, 1.82) is 0 Å². The Hall–Kier alpha value is -2.13. The van der Waals surface area contributed by atoms with Gasteiger partial charge in [-0.1, -0.05) is 24.9 Å². The molecule has 3 N–H and O–H groups in total. The number of aromatic nitrogens is 2. The zero-order valence-corrected chi connectivity index (χ0v) is 14.9. The fraction of sp³-hybridized carbons (Fsp3) is 0.438. The lowest BCUT2D eigenvalue weighted by atomic mass is 10.2. The normalized spacial score (nSPS) is 11.8. The average Bonchev–Trinajstić information content (AvgIpc) is 2.75. The van der Waals surface area contributed by atoms with Crippen molar-refractivity contribution >= 4 is 17.4 Å². The van der Waals surface area contributed by atoms with Crippen LogP contribution >= 0.6 is 11.6 Å². The van der Waals surface area contributed by atoms with Crippen LogP contribution in [0.25, 0.3) is 0 Å². The van der Waals surface area contributed by atoms with E-state index in [9.17, 15) is 23.4 Å². The van der Waals surface area contributed by atoms with Gasteiger partial charge in [-0.15, -0.1) is 0 Å². The highest BCUT2D eigenvalue weighted by Crippen LogP contribution is 2.36. The molecule has 10 heteroatoms. The number of aromatic hydroxyl groups is 2. The van der Waals surface area contributed by atoms with Gasteiger partial charge in [-0.05, 0) is 25.5 Å². The molecule has 0 bridgehead atoms. The van der Waals surface area contributed by atoms with Crippen LogP contribution in [0.15, 0.2) is 12.1 Å². The Bertz CT molecular complexity index is 778. The van der Waals surface area contributed by atoms with E-state index in [2.05, 4.69) is 10.4 Å². The van der Waals surface area contributed by atoms with Crippen LogP contribution in [0.4, 0.5) is 19.0 Å². The van der Waals surface area contributed by atoms with Gasteiger partial charge in [0.25, 0.3) is 0 Å². The molecule has 144 valence electrons. The van der Waals surface area contributed by atoms with Crippen molar-refractivity contribution < 1.29 is 28.1 Å². The van der Waals surface area contributed by atoms with Crippen molar-refractivity contribution in [2.24, 2.45) is 0 Å². The fourth-order valence-electron chi connectivity index (χ4n) is 2.23. The molecule has 0 aliphatic heterocycles. The van der Waals surface area contributed by atoms with Crippen LogP contribution < -0.4 is 5.43 Å². The average molecular weight is 394 g/mol. The fourth-order valence-corrected chi connectivity index (χ4v) is 2.49. The van der Waals surface area contributed by atoms with Gasteiger partial charge in [0.15, 0.2) is 0 Å². The lowest BCUT2D eigenvalue weighted by molar-refractivity contribution is -0.137. The SMILES string of the molecule is CCCCOCc1c(C)c(O)n(Nc2ccc(C(F)(F)F)c(Cl)n2)c1O. The summed E-state index contributed by atoms with van der Waals surface area (Å²) in [5, 5.41) is 19.7. The molecule has 0 aromatic carbocycles. The molecule has 0 spiro atoms. The highest BCUT2D eigenvalue weighted by atomic mass is 35.5. The molecular weight excluding hydrogens is 375 g/mol. The molecule has 0 atom stereocenters. The lowest BCUT2D eigenvalue weighted by Gasteiger charge is -2.12. The second-order valence-corrected chi connectivity index (χ2v) is 5.99. The first-order chi connectivity index (χ1) is 12.2. The Morgan fingerprint density at radius 1 is 1.27 bits per heavy atom. The van der Waals surface area contributed by atoms with Gasteiger partial charge in [0.2, 0.25) is 11.8 Å². The van der Waals surface area contributed by atoms with Gasteiger partial charge in [-0.2, -0.15) is 17.8 Å². The first-order valence-electron chi connectivity index (χ1n) is 7.87. The molecule has 0 aliphatic carbocycles. The van der Waals surface area contributed by atoms with Gasteiger partial charge in [-0.25, -0.2) is 4.98 Å². The maximum atomic E-state index is 12.7. The van der Waals surface area contributed by atoms with Gasteiger partial charge >= 0.3 is 6.18 Å². The minimum atomic E-state index is -4.63. The molecule has 0 saturated carbocycles. The van der Waals surface area contributed by atoms with Crippen molar-refractivity contribution in [3.8, 4) is 11.8 Å². The summed E-state index contributed by atoms with van der Waals surface area (Å²) < 4.78 is 44.5. The molecule has 0 amide bonds. The van der Waals surface area contributed by atoms with Crippen LogP contribution in [-0.4, -0.2) is 26.5 Å². The second-order valence-electron chi connectivity index (χ2n) is 5.64. The number of anilines is 1. The van der Waals surface area contributed by atoms with E-state index < -0.39 is 16.9 Å². The highest BCUT2D eigenvalue weighted by Gasteiger charge is 2.34. The smallest absolute Gasteiger partial charge is 0.419 e. The summed E-state index contributed by atoms with van der Waals surface area (Å²) in [6, 6.07) is 1.80. The molecule has 0 saturated heterocycles. The predicted octanol–water partition coefficient (Wildman–Crippen LogP) is 4.47. The molecule has 0 aliphatic rings. The van der Waals surface area contributed by atoms with E-state index in [1.807, 2.05) is 6.92 Å². The zero-order chi connectivity index (χ0) is 19.5. The largest absolute Gasteiger partial charge is 0.493 e. The number of halogens is 4. The number of unbranched alkanes of at least 4 members (excludes halogenated alkanes) is 1. The predicted molar refractivity (Wildman–Crippen MR) is 90.3 cm³/mol. The lowest BCUT2D eigenvalue weighted by Crippen LogP contribution is -2.12. The van der Waals surface area contributed by atoms with Crippen molar-refractivity contribution in [3.63, 3.8) is 0 Å². The zero-order valence-electron chi connectivity index (χ0n) is 14.2. The van der Waals surface area contributed by atoms with Crippen LogP contribution in [0.3, 0.4) is 0 Å². The van der Waals surface area contributed by atoms with Crippen LogP contribution in [0.1, 0.15) is 36.5 Å². The van der Waals surface area contributed by atoms with Crippen LogP contribution in [0.2, 0.25) is 5.15 Å². The number of nitrogens with one attached hydrogen (secondary N) is 1. The monoisotopic (exact) mass is 393 g/mol. The number of nitrogens with zero attached hydrogens (tertiary/aromatic N) is 2. The second kappa shape index (κ2) is 8.05. The molecule has 0 fully saturated rings. The van der Waals surface area contributed by atoms with Crippen LogP contribution in [0.5, 0.6) is 11.8 Å². The Morgan fingerprint density at radius 2 is 1.96 bits per heavy atom. The molecule has 6 nitrogen and oxygen atoms in total. The number of ether oxygens (including phenoxy) is 1. The Morgan fingerprint density at radius 3 is 2.54 bits per heavy atom. The van der Waals surface area contributed by atoms with Crippen molar-refractivity contribution in [3.05, 3.63) is 34.0 Å². The van der Waals surface area contributed by atoms with Gasteiger partial charge < -0.3 is 14.9 Å². The number of pyridine rings is 1. The third kappa shape index (κ3) is 4.34. The molecule has 2 rings (SSSR count). The first-order valence-corrected chi connectivity index (χ1v) is 8.25. The van der Waals surface area contributed by atoms with Crippen LogP contribution in [0, 0.1) is 6.92 Å². The number of rotatable bonds is 7. The van der Waals surface area contributed by atoms with E-state index in [4.69, 9.17) is 16.3 Å². The van der Waals surface area contributed by atoms with E-state index >= 15 is 0 Å². The van der Waals surface area contributed by atoms with Crippen molar-refractivity contribution in [2.45, 2.75) is 39.5 Å². The molecule has 26 heavy (non-hydrogen) atoms. The minimum Gasteiger partial charge on any atom is -0.493 e. The quantitative estimate of drug-likeness (QED) is 0.478. The summed E-state index contributed by atoms with van der Waals surface area (Å²) in [6.07, 6.45) is -2.81. The molecule has 0 radical (unpaired) electrons. The van der Waals surface area contributed by atoms with Gasteiger partial charge in [0.05, 0.1) is 12.2 Å². The van der Waals surface area contributed by atoms with E-state index in [0.29, 0.717) is 17.7 Å². The van der Waals surface area contributed by atoms with Crippen molar-refractivity contribution in [1.82, 2.24) is 9.66 Å². The van der Waals surface area contributed by atoms with Gasteiger partial charge in [-0.3, -0.25) is 5.43 Å². The van der Waals surface area contributed by atoms with Crippen molar-refractivity contribution in [2.75, 3.05) is 12.0 Å². The Kier molecular flexibility index (Phi) is 6.25. The summed E-state index contributed by atoms with van der Waals surface area (Å²) in [5.74, 6) is -0.717. The summed E-state index contributed by atoms with van der Waals surface area (Å²) in [4.78, 5) is 3.60. The Balaban J connectivity index is 2.23. The topological polar surface area (TPSA) is 79.5 Å². The summed E-state index contributed by atoms with van der Waals surface area (Å²) >= 11 is 5.57. The van der Waals surface area contributed by atoms with Crippen LogP contribution in [-0.2, 0) is 17.5 Å². The molecule has 2 heterocycles. The van der Waals surface area contributed by atoms with E-state index in [1.165, 1.54) is 0 Å². The molecule has 2 aromatic heterocycles. The van der Waals surface area contributed by atoms with E-state index in [-0.39, 0.29) is 24.2 Å². The summed E-state index contributed by atoms with van der Waals surface area (Å²) in [5.41, 5.74) is 2.19. The van der Waals surface area contributed by atoms with E-state index in [1.54, 1.807) is 6.92 Å². The standard InChI is InChI=1S/C16H19ClF3N3O3/c1-3-4-7-26-8-10-9(2)14(24)23(15(10)25)22-12-6-5-11(13(17)21-12)16(18,19)20/h5-6,24-25H,3-4,7-8H2,1-2H3,(H,21,22). The first kappa shape index (κ1) is 20.2. The third-order valence-corrected chi connectivity index (χ3v) is 4.04. The Labute approximate surface area is 153 Å². The number of hydrogen-bond acceptors (Lipinski definition) is 5. The highest BCUT2D eigenvalue weighted by molar-refractivity contribution is 6.30. The summed E-state index contributed by atoms with van der Waals surface area (Å²) in [7, 11) is 0. The van der Waals surface area contributed by atoms with Gasteiger partial charge in [0.1, 0.15) is 11.0 Å². The molecule has 2 aromatic rings. The van der Waals surface area contributed by atoms with Gasteiger partial charge in [0, 0.05) is 17.7 Å². The molecular formula is C16H19ClF3N3O3. The minimum absolute atomic E-state index is 0.0814. The maximum absolute atomic E-state index is 12.7. The number of hydrogen-bond donors (Lipinski definition) is 3. The summed E-state index contributed by atoms with van der Waals surface area (Å²) in [6.45, 7) is 4.19. The third-order valence-electron chi connectivity index (χ3n) is 3.75.